The SMILES string of the molecule is CNCc1cc(F)ccc1OCCOCC(F)(F)F. The van der Waals surface area contributed by atoms with E-state index in [0.717, 1.165) is 0 Å². The summed E-state index contributed by atoms with van der Waals surface area (Å²) in [6, 6.07) is 3.97. The molecule has 0 unspecified atom stereocenters. The summed E-state index contributed by atoms with van der Waals surface area (Å²) in [7, 11) is 1.70. The highest BCUT2D eigenvalue weighted by atomic mass is 19.4. The van der Waals surface area contributed by atoms with Gasteiger partial charge in [0.05, 0.1) is 6.61 Å². The lowest BCUT2D eigenvalue weighted by Gasteiger charge is -2.12. The minimum atomic E-state index is -4.34. The molecule has 0 radical (unpaired) electrons. The molecule has 0 aliphatic rings. The first-order valence-electron chi connectivity index (χ1n) is 5.62. The summed E-state index contributed by atoms with van der Waals surface area (Å²) < 4.78 is 58.1. The molecule has 0 aromatic heterocycles. The van der Waals surface area contributed by atoms with Crippen LogP contribution in [0.3, 0.4) is 0 Å². The summed E-state index contributed by atoms with van der Waals surface area (Å²) in [6.07, 6.45) is -4.34. The standard InChI is InChI=1S/C12H15F4NO2/c1-17-7-9-6-10(13)2-3-11(9)19-5-4-18-8-12(14,15)16/h2-3,6,17H,4-5,7-8H2,1H3. The van der Waals surface area contributed by atoms with Crippen molar-refractivity contribution in [1.82, 2.24) is 5.32 Å². The third-order valence-electron chi connectivity index (χ3n) is 2.14. The summed E-state index contributed by atoms with van der Waals surface area (Å²) in [5.74, 6) is 0.0253. The summed E-state index contributed by atoms with van der Waals surface area (Å²) in [5.41, 5.74) is 0.596. The van der Waals surface area contributed by atoms with Crippen molar-refractivity contribution in [2.24, 2.45) is 0 Å². The zero-order valence-electron chi connectivity index (χ0n) is 10.4. The van der Waals surface area contributed by atoms with Crippen LogP contribution >= 0.6 is 0 Å². The van der Waals surface area contributed by atoms with E-state index in [2.05, 4.69) is 10.1 Å². The molecule has 0 aliphatic heterocycles. The van der Waals surface area contributed by atoms with Gasteiger partial charge in [-0.15, -0.1) is 0 Å². The monoisotopic (exact) mass is 281 g/mol. The molecule has 19 heavy (non-hydrogen) atoms. The minimum Gasteiger partial charge on any atom is -0.491 e. The molecule has 0 spiro atoms. The van der Waals surface area contributed by atoms with Crippen molar-refractivity contribution in [3.8, 4) is 5.75 Å². The maximum Gasteiger partial charge on any atom is 0.411 e. The maximum absolute atomic E-state index is 13.0. The van der Waals surface area contributed by atoms with Crippen LogP contribution in [0.15, 0.2) is 18.2 Å². The fourth-order valence-corrected chi connectivity index (χ4v) is 1.42. The molecule has 0 amide bonds. The predicted molar refractivity (Wildman–Crippen MR) is 61.5 cm³/mol. The van der Waals surface area contributed by atoms with Gasteiger partial charge in [-0.3, -0.25) is 0 Å². The summed E-state index contributed by atoms with van der Waals surface area (Å²) in [4.78, 5) is 0. The molecular weight excluding hydrogens is 266 g/mol. The van der Waals surface area contributed by atoms with E-state index in [9.17, 15) is 17.6 Å². The van der Waals surface area contributed by atoms with E-state index in [4.69, 9.17) is 4.74 Å². The largest absolute Gasteiger partial charge is 0.491 e. The summed E-state index contributed by atoms with van der Waals surface area (Å²) in [5, 5.41) is 2.85. The Morgan fingerprint density at radius 1 is 1.21 bits per heavy atom. The smallest absolute Gasteiger partial charge is 0.411 e. The lowest BCUT2D eigenvalue weighted by atomic mass is 10.2. The first kappa shape index (κ1) is 15.7. The third-order valence-corrected chi connectivity index (χ3v) is 2.14. The molecular formula is C12H15F4NO2. The first-order chi connectivity index (χ1) is 8.92. The molecule has 0 fully saturated rings. The number of benzene rings is 1. The average Bonchev–Trinajstić information content (AvgIpc) is 2.30. The molecule has 1 aromatic carbocycles. The van der Waals surface area contributed by atoms with Crippen LogP contribution in [-0.2, 0) is 11.3 Å². The van der Waals surface area contributed by atoms with Crippen LogP contribution in [0, 0.1) is 5.82 Å². The van der Waals surface area contributed by atoms with Crippen LogP contribution in [0.4, 0.5) is 17.6 Å². The van der Waals surface area contributed by atoms with Crippen molar-refractivity contribution >= 4 is 0 Å². The molecule has 0 saturated carbocycles. The molecule has 0 atom stereocenters. The molecule has 7 heteroatoms. The van der Waals surface area contributed by atoms with Gasteiger partial charge in [-0.05, 0) is 25.2 Å². The number of ether oxygens (including phenoxy) is 2. The zero-order chi connectivity index (χ0) is 14.3. The van der Waals surface area contributed by atoms with Crippen molar-refractivity contribution in [1.29, 1.82) is 0 Å². The lowest BCUT2D eigenvalue weighted by Crippen LogP contribution is -2.19. The van der Waals surface area contributed by atoms with E-state index >= 15 is 0 Å². The molecule has 0 aliphatic carbocycles. The molecule has 1 aromatic rings. The Bertz CT molecular complexity index is 396. The van der Waals surface area contributed by atoms with Gasteiger partial charge in [0, 0.05) is 12.1 Å². The highest BCUT2D eigenvalue weighted by molar-refractivity contribution is 5.33. The average molecular weight is 281 g/mol. The molecule has 3 nitrogen and oxygen atoms in total. The van der Waals surface area contributed by atoms with E-state index in [0.29, 0.717) is 17.9 Å². The summed E-state index contributed by atoms with van der Waals surface area (Å²) >= 11 is 0. The fourth-order valence-electron chi connectivity index (χ4n) is 1.42. The van der Waals surface area contributed by atoms with Crippen molar-refractivity contribution in [2.75, 3.05) is 26.9 Å². The van der Waals surface area contributed by atoms with Crippen molar-refractivity contribution < 1.29 is 27.0 Å². The Labute approximate surface area is 108 Å². The van der Waals surface area contributed by atoms with Gasteiger partial charge in [-0.2, -0.15) is 13.2 Å². The Morgan fingerprint density at radius 3 is 2.58 bits per heavy atom. The van der Waals surface area contributed by atoms with E-state index in [1.165, 1.54) is 18.2 Å². The van der Waals surface area contributed by atoms with Crippen molar-refractivity contribution in [2.45, 2.75) is 12.7 Å². The van der Waals surface area contributed by atoms with E-state index in [1.807, 2.05) is 0 Å². The van der Waals surface area contributed by atoms with Crippen LogP contribution in [-0.4, -0.2) is 33.0 Å². The van der Waals surface area contributed by atoms with Crippen LogP contribution < -0.4 is 10.1 Å². The van der Waals surface area contributed by atoms with Gasteiger partial charge in [0.15, 0.2) is 0 Å². The maximum atomic E-state index is 13.0. The predicted octanol–water partition coefficient (Wildman–Crippen LogP) is 2.50. The molecule has 1 N–H and O–H groups in total. The van der Waals surface area contributed by atoms with Crippen molar-refractivity contribution in [3.05, 3.63) is 29.6 Å². The Balaban J connectivity index is 2.40. The molecule has 0 saturated heterocycles. The van der Waals surface area contributed by atoms with Gasteiger partial charge in [-0.25, -0.2) is 4.39 Å². The Kier molecular flexibility index (Phi) is 6.04. The number of alkyl halides is 3. The van der Waals surface area contributed by atoms with Gasteiger partial charge in [0.1, 0.15) is 24.8 Å². The number of hydrogen-bond donors (Lipinski definition) is 1. The third kappa shape index (κ3) is 6.40. The Morgan fingerprint density at radius 2 is 1.95 bits per heavy atom. The fraction of sp³-hybridized carbons (Fsp3) is 0.500. The van der Waals surface area contributed by atoms with Gasteiger partial charge in [-0.1, -0.05) is 0 Å². The normalized spacial score (nSPS) is 11.6. The molecule has 0 bridgehead atoms. The highest BCUT2D eigenvalue weighted by Gasteiger charge is 2.27. The summed E-state index contributed by atoms with van der Waals surface area (Å²) in [6.45, 7) is -1.12. The molecule has 108 valence electrons. The van der Waals surface area contributed by atoms with Crippen LogP contribution in [0.25, 0.3) is 0 Å². The quantitative estimate of drug-likeness (QED) is 0.615. The van der Waals surface area contributed by atoms with Crippen LogP contribution in [0.1, 0.15) is 5.56 Å². The van der Waals surface area contributed by atoms with Gasteiger partial charge in [0.25, 0.3) is 0 Å². The minimum absolute atomic E-state index is 0.0293. The topological polar surface area (TPSA) is 30.5 Å². The van der Waals surface area contributed by atoms with Gasteiger partial charge < -0.3 is 14.8 Å². The second-order valence-electron chi connectivity index (χ2n) is 3.80. The van der Waals surface area contributed by atoms with Crippen LogP contribution in [0.5, 0.6) is 5.75 Å². The molecule has 0 heterocycles. The van der Waals surface area contributed by atoms with E-state index < -0.39 is 18.6 Å². The second-order valence-corrected chi connectivity index (χ2v) is 3.80. The molecule has 1 rings (SSSR count). The first-order valence-corrected chi connectivity index (χ1v) is 5.62. The number of hydrogen-bond acceptors (Lipinski definition) is 3. The van der Waals surface area contributed by atoms with Gasteiger partial charge >= 0.3 is 6.18 Å². The number of halogens is 4. The van der Waals surface area contributed by atoms with Crippen molar-refractivity contribution in [3.63, 3.8) is 0 Å². The van der Waals surface area contributed by atoms with Gasteiger partial charge in [0.2, 0.25) is 0 Å². The zero-order valence-corrected chi connectivity index (χ0v) is 10.4. The van der Waals surface area contributed by atoms with Crippen LogP contribution in [0.2, 0.25) is 0 Å². The highest BCUT2D eigenvalue weighted by Crippen LogP contribution is 2.19. The lowest BCUT2D eigenvalue weighted by molar-refractivity contribution is -0.175. The number of nitrogens with one attached hydrogen (secondary N) is 1. The second kappa shape index (κ2) is 7.30. The number of rotatable bonds is 7. The van der Waals surface area contributed by atoms with E-state index in [1.54, 1.807) is 7.05 Å². The Hall–Kier alpha value is -1.34. The van der Waals surface area contributed by atoms with E-state index in [-0.39, 0.29) is 13.2 Å².